The van der Waals surface area contributed by atoms with Gasteiger partial charge in [-0.2, -0.15) is 5.10 Å². The largest absolute Gasteiger partial charge is 0.295 e. The van der Waals surface area contributed by atoms with Crippen molar-refractivity contribution in [1.29, 1.82) is 0 Å². The fourth-order valence-electron chi connectivity index (χ4n) is 3.12. The molecule has 0 spiro atoms. The van der Waals surface area contributed by atoms with E-state index in [2.05, 4.69) is 15.2 Å². The van der Waals surface area contributed by atoms with Crippen molar-refractivity contribution >= 4 is 11.6 Å². The Bertz CT molecular complexity index is 868. The number of anilines is 1. The smallest absolute Gasteiger partial charge is 0.280 e. The fraction of sp³-hybridized carbons (Fsp3) is 0.167. The molecule has 23 heavy (non-hydrogen) atoms. The van der Waals surface area contributed by atoms with Gasteiger partial charge in [0.25, 0.3) is 5.91 Å². The van der Waals surface area contributed by atoms with E-state index in [4.69, 9.17) is 0 Å². The van der Waals surface area contributed by atoms with Gasteiger partial charge in [0.15, 0.2) is 5.69 Å². The number of aromatic amines is 1. The summed E-state index contributed by atoms with van der Waals surface area (Å²) in [5.74, 6) is -0.0814. The Balaban J connectivity index is 1.91. The standard InChI is InChI=1S/C18H16N4O/c1-11-5-7-14(8-6-11)22-17(13-4-3-9-19-10-13)15-12(2)20-21-16(15)18(22)23/h3-10,17H,1-2H3,(H,20,21)/t17-/m0/s1. The second-order valence-corrected chi connectivity index (χ2v) is 5.81. The highest BCUT2D eigenvalue weighted by molar-refractivity contribution is 6.10. The average Bonchev–Trinajstić information content (AvgIpc) is 3.08. The highest BCUT2D eigenvalue weighted by atomic mass is 16.2. The van der Waals surface area contributed by atoms with Gasteiger partial charge in [-0.25, -0.2) is 0 Å². The number of H-pyrrole nitrogens is 1. The summed E-state index contributed by atoms with van der Waals surface area (Å²) in [6.07, 6.45) is 3.54. The molecule has 0 fully saturated rings. The lowest BCUT2D eigenvalue weighted by atomic mass is 10.0. The maximum absolute atomic E-state index is 12.9. The van der Waals surface area contributed by atoms with E-state index in [1.807, 2.05) is 50.2 Å². The predicted molar refractivity (Wildman–Crippen MR) is 87.4 cm³/mol. The first-order valence-electron chi connectivity index (χ1n) is 7.52. The lowest BCUT2D eigenvalue weighted by molar-refractivity contribution is 0.0988. The van der Waals surface area contributed by atoms with E-state index < -0.39 is 0 Å². The molecule has 1 aromatic carbocycles. The minimum Gasteiger partial charge on any atom is -0.295 e. The van der Waals surface area contributed by atoms with Crippen molar-refractivity contribution in [3.05, 3.63) is 76.9 Å². The number of aromatic nitrogens is 3. The van der Waals surface area contributed by atoms with Crippen LogP contribution >= 0.6 is 0 Å². The summed E-state index contributed by atoms with van der Waals surface area (Å²) >= 11 is 0. The number of fused-ring (bicyclic) bond motifs is 1. The molecule has 0 unspecified atom stereocenters. The Morgan fingerprint density at radius 3 is 2.61 bits per heavy atom. The molecular formula is C18H16N4O. The van der Waals surface area contributed by atoms with Gasteiger partial charge in [0.2, 0.25) is 0 Å². The molecule has 3 aromatic rings. The van der Waals surface area contributed by atoms with Crippen LogP contribution in [0.5, 0.6) is 0 Å². The van der Waals surface area contributed by atoms with Gasteiger partial charge < -0.3 is 0 Å². The van der Waals surface area contributed by atoms with E-state index in [0.29, 0.717) is 5.69 Å². The first-order valence-corrected chi connectivity index (χ1v) is 7.52. The molecule has 1 aliphatic rings. The number of amides is 1. The Morgan fingerprint density at radius 2 is 1.91 bits per heavy atom. The zero-order chi connectivity index (χ0) is 16.0. The number of aryl methyl sites for hydroxylation is 2. The van der Waals surface area contributed by atoms with Crippen molar-refractivity contribution in [1.82, 2.24) is 15.2 Å². The van der Waals surface area contributed by atoms with Crippen LogP contribution in [0.3, 0.4) is 0 Å². The van der Waals surface area contributed by atoms with Gasteiger partial charge in [-0.3, -0.25) is 19.8 Å². The van der Waals surface area contributed by atoms with E-state index in [1.165, 1.54) is 0 Å². The van der Waals surface area contributed by atoms with Gasteiger partial charge in [-0.1, -0.05) is 23.8 Å². The Kier molecular flexibility index (Phi) is 3.01. The van der Waals surface area contributed by atoms with Crippen molar-refractivity contribution in [2.75, 3.05) is 4.90 Å². The number of benzene rings is 1. The molecule has 5 heteroatoms. The van der Waals surface area contributed by atoms with Crippen molar-refractivity contribution < 1.29 is 4.79 Å². The number of carbonyl (C=O) groups excluding carboxylic acids is 1. The quantitative estimate of drug-likeness (QED) is 0.791. The molecule has 4 rings (SSSR count). The summed E-state index contributed by atoms with van der Waals surface area (Å²) in [7, 11) is 0. The van der Waals surface area contributed by atoms with Gasteiger partial charge in [-0.05, 0) is 37.6 Å². The second-order valence-electron chi connectivity index (χ2n) is 5.81. The number of nitrogens with zero attached hydrogens (tertiary/aromatic N) is 3. The molecule has 5 nitrogen and oxygen atoms in total. The fourth-order valence-corrected chi connectivity index (χ4v) is 3.12. The summed E-state index contributed by atoms with van der Waals surface area (Å²) in [4.78, 5) is 18.9. The normalized spacial score (nSPS) is 16.7. The Morgan fingerprint density at radius 1 is 1.13 bits per heavy atom. The number of pyridine rings is 1. The summed E-state index contributed by atoms with van der Waals surface area (Å²) in [6, 6.07) is 11.7. The molecule has 114 valence electrons. The molecule has 2 aromatic heterocycles. The van der Waals surface area contributed by atoms with Gasteiger partial charge in [0.05, 0.1) is 6.04 Å². The molecule has 0 saturated carbocycles. The van der Waals surface area contributed by atoms with Gasteiger partial charge in [-0.15, -0.1) is 0 Å². The number of carbonyl (C=O) groups is 1. The minimum absolute atomic E-state index is 0.0814. The van der Waals surface area contributed by atoms with Crippen molar-refractivity contribution in [2.24, 2.45) is 0 Å². The zero-order valence-electron chi connectivity index (χ0n) is 12.9. The van der Waals surface area contributed by atoms with E-state index in [1.54, 1.807) is 17.3 Å². The van der Waals surface area contributed by atoms with Crippen LogP contribution in [-0.4, -0.2) is 21.1 Å². The van der Waals surface area contributed by atoms with Crippen LogP contribution in [0, 0.1) is 13.8 Å². The van der Waals surface area contributed by atoms with Crippen LogP contribution in [0.1, 0.15) is 38.9 Å². The highest BCUT2D eigenvalue weighted by Crippen LogP contribution is 2.41. The molecule has 0 radical (unpaired) electrons. The van der Waals surface area contributed by atoms with Crippen LogP contribution in [0.2, 0.25) is 0 Å². The summed E-state index contributed by atoms with van der Waals surface area (Å²) in [5.41, 5.74) is 5.35. The SMILES string of the molecule is Cc1ccc(N2C(=O)c3n[nH]c(C)c3[C@@H]2c2cccnc2)cc1. The van der Waals surface area contributed by atoms with Crippen LogP contribution in [0.25, 0.3) is 0 Å². The van der Waals surface area contributed by atoms with Gasteiger partial charge in [0, 0.05) is 29.3 Å². The number of hydrogen-bond acceptors (Lipinski definition) is 3. The number of nitrogens with one attached hydrogen (secondary N) is 1. The molecule has 1 atom stereocenters. The van der Waals surface area contributed by atoms with Crippen LogP contribution in [0.4, 0.5) is 5.69 Å². The molecule has 1 aliphatic heterocycles. The molecule has 0 bridgehead atoms. The monoisotopic (exact) mass is 304 g/mol. The third-order valence-electron chi connectivity index (χ3n) is 4.26. The Labute approximate surface area is 134 Å². The first kappa shape index (κ1) is 13.7. The molecular weight excluding hydrogens is 288 g/mol. The maximum atomic E-state index is 12.9. The topological polar surface area (TPSA) is 61.9 Å². The molecule has 3 heterocycles. The van der Waals surface area contributed by atoms with E-state index >= 15 is 0 Å². The summed E-state index contributed by atoms with van der Waals surface area (Å²) < 4.78 is 0. The van der Waals surface area contributed by atoms with Crippen LogP contribution in [-0.2, 0) is 0 Å². The third-order valence-corrected chi connectivity index (χ3v) is 4.26. The molecule has 0 aliphatic carbocycles. The van der Waals surface area contributed by atoms with Crippen molar-refractivity contribution in [3.8, 4) is 0 Å². The lowest BCUT2D eigenvalue weighted by Gasteiger charge is -2.26. The molecule has 0 saturated heterocycles. The molecule has 1 amide bonds. The third kappa shape index (κ3) is 2.04. The number of rotatable bonds is 2. The average molecular weight is 304 g/mol. The minimum atomic E-state index is -0.201. The zero-order valence-corrected chi connectivity index (χ0v) is 12.9. The van der Waals surface area contributed by atoms with E-state index in [9.17, 15) is 4.79 Å². The van der Waals surface area contributed by atoms with Crippen LogP contribution in [0.15, 0.2) is 48.8 Å². The van der Waals surface area contributed by atoms with Crippen molar-refractivity contribution in [3.63, 3.8) is 0 Å². The predicted octanol–water partition coefficient (Wildman–Crippen LogP) is 3.17. The summed E-state index contributed by atoms with van der Waals surface area (Å²) in [5, 5.41) is 7.14. The highest BCUT2D eigenvalue weighted by Gasteiger charge is 2.42. The lowest BCUT2D eigenvalue weighted by Crippen LogP contribution is -2.29. The maximum Gasteiger partial charge on any atom is 0.280 e. The number of hydrogen-bond donors (Lipinski definition) is 1. The van der Waals surface area contributed by atoms with Gasteiger partial charge >= 0.3 is 0 Å². The van der Waals surface area contributed by atoms with Gasteiger partial charge in [0.1, 0.15) is 0 Å². The Hall–Kier alpha value is -2.95. The summed E-state index contributed by atoms with van der Waals surface area (Å²) in [6.45, 7) is 3.98. The van der Waals surface area contributed by atoms with E-state index in [0.717, 1.165) is 28.1 Å². The second kappa shape index (κ2) is 5.05. The molecule has 1 N–H and O–H groups in total. The first-order chi connectivity index (χ1) is 11.2. The van der Waals surface area contributed by atoms with E-state index in [-0.39, 0.29) is 11.9 Å². The van der Waals surface area contributed by atoms with Crippen LogP contribution < -0.4 is 4.90 Å². The van der Waals surface area contributed by atoms with Crippen molar-refractivity contribution in [2.45, 2.75) is 19.9 Å².